The Morgan fingerprint density at radius 2 is 1.78 bits per heavy atom. The van der Waals surface area contributed by atoms with Crippen molar-refractivity contribution in [3.63, 3.8) is 0 Å². The third-order valence-electron chi connectivity index (χ3n) is 3.02. The van der Waals surface area contributed by atoms with Gasteiger partial charge in [0.05, 0.1) is 0 Å². The standard InChI is InChI=1S/C17H16BrNO4/c1-10-5-11(2)7-13(6-10)19-16(21)9-23-17(22)14-8-12(18)3-4-15(14)20/h3-8,20H,9H2,1-2H3,(H,19,21). The van der Waals surface area contributed by atoms with Crippen LogP contribution in [-0.2, 0) is 9.53 Å². The molecule has 0 heterocycles. The highest BCUT2D eigenvalue weighted by Gasteiger charge is 2.15. The molecular formula is C17H16BrNO4. The van der Waals surface area contributed by atoms with Crippen LogP contribution in [0.5, 0.6) is 5.75 Å². The van der Waals surface area contributed by atoms with Crippen molar-refractivity contribution >= 4 is 33.5 Å². The van der Waals surface area contributed by atoms with Crippen molar-refractivity contribution in [2.45, 2.75) is 13.8 Å². The van der Waals surface area contributed by atoms with Crippen LogP contribution in [0.4, 0.5) is 5.69 Å². The Kier molecular flexibility index (Phi) is 5.39. The van der Waals surface area contributed by atoms with Crippen LogP contribution >= 0.6 is 15.9 Å². The number of benzene rings is 2. The van der Waals surface area contributed by atoms with Crippen molar-refractivity contribution in [3.05, 3.63) is 57.6 Å². The Balaban J connectivity index is 1.96. The molecular weight excluding hydrogens is 362 g/mol. The zero-order chi connectivity index (χ0) is 17.0. The first-order valence-electron chi connectivity index (χ1n) is 6.89. The van der Waals surface area contributed by atoms with Gasteiger partial charge in [-0.2, -0.15) is 0 Å². The SMILES string of the molecule is Cc1cc(C)cc(NC(=O)COC(=O)c2cc(Br)ccc2O)c1. The number of aromatic hydroxyl groups is 1. The summed E-state index contributed by atoms with van der Waals surface area (Å²) in [6.07, 6.45) is 0. The number of carbonyl (C=O) groups excluding carboxylic acids is 2. The summed E-state index contributed by atoms with van der Waals surface area (Å²) in [5.41, 5.74) is 2.69. The molecule has 0 aliphatic heterocycles. The van der Waals surface area contributed by atoms with Gasteiger partial charge in [0.1, 0.15) is 11.3 Å². The molecule has 0 radical (unpaired) electrons. The molecule has 0 saturated carbocycles. The van der Waals surface area contributed by atoms with E-state index in [1.54, 1.807) is 6.07 Å². The number of anilines is 1. The first-order valence-corrected chi connectivity index (χ1v) is 7.68. The molecule has 0 unspecified atom stereocenters. The first kappa shape index (κ1) is 17.0. The van der Waals surface area contributed by atoms with Crippen LogP contribution in [0.15, 0.2) is 40.9 Å². The van der Waals surface area contributed by atoms with Gasteiger partial charge in [-0.15, -0.1) is 0 Å². The van der Waals surface area contributed by atoms with Gasteiger partial charge in [-0.05, 0) is 55.3 Å². The topological polar surface area (TPSA) is 75.6 Å². The van der Waals surface area contributed by atoms with E-state index in [2.05, 4.69) is 21.2 Å². The van der Waals surface area contributed by atoms with Crippen LogP contribution in [0.1, 0.15) is 21.5 Å². The van der Waals surface area contributed by atoms with Crippen molar-refractivity contribution in [1.82, 2.24) is 0 Å². The van der Waals surface area contributed by atoms with Gasteiger partial charge in [-0.1, -0.05) is 22.0 Å². The number of ether oxygens (including phenoxy) is 1. The third kappa shape index (κ3) is 4.82. The third-order valence-corrected chi connectivity index (χ3v) is 3.51. The van der Waals surface area contributed by atoms with Crippen LogP contribution in [0, 0.1) is 13.8 Å². The molecule has 2 N–H and O–H groups in total. The number of aryl methyl sites for hydroxylation is 2. The number of nitrogens with one attached hydrogen (secondary N) is 1. The lowest BCUT2D eigenvalue weighted by atomic mass is 10.1. The molecule has 2 aromatic carbocycles. The van der Waals surface area contributed by atoms with Crippen molar-refractivity contribution < 1.29 is 19.4 Å². The average molecular weight is 378 g/mol. The zero-order valence-electron chi connectivity index (χ0n) is 12.7. The number of phenols is 1. The second-order valence-electron chi connectivity index (χ2n) is 5.16. The van der Waals surface area contributed by atoms with Crippen LogP contribution in [0.25, 0.3) is 0 Å². The van der Waals surface area contributed by atoms with Gasteiger partial charge in [0.25, 0.3) is 5.91 Å². The molecule has 0 spiro atoms. The van der Waals surface area contributed by atoms with E-state index >= 15 is 0 Å². The second kappa shape index (κ2) is 7.28. The van der Waals surface area contributed by atoms with Crippen LogP contribution in [0.3, 0.4) is 0 Å². The van der Waals surface area contributed by atoms with E-state index in [1.165, 1.54) is 12.1 Å². The fourth-order valence-corrected chi connectivity index (χ4v) is 2.49. The number of halogens is 1. The molecule has 120 valence electrons. The first-order chi connectivity index (χ1) is 10.8. The van der Waals surface area contributed by atoms with E-state index in [-0.39, 0.29) is 11.3 Å². The van der Waals surface area contributed by atoms with Gasteiger partial charge >= 0.3 is 5.97 Å². The van der Waals surface area contributed by atoms with Gasteiger partial charge in [0.15, 0.2) is 6.61 Å². The number of amides is 1. The fourth-order valence-electron chi connectivity index (χ4n) is 2.12. The van der Waals surface area contributed by atoms with Gasteiger partial charge in [-0.3, -0.25) is 4.79 Å². The van der Waals surface area contributed by atoms with Crippen LogP contribution < -0.4 is 5.32 Å². The van der Waals surface area contributed by atoms with E-state index in [9.17, 15) is 14.7 Å². The number of esters is 1. The average Bonchev–Trinajstić information content (AvgIpc) is 2.46. The molecule has 0 aliphatic carbocycles. The number of carbonyl (C=O) groups is 2. The molecule has 6 heteroatoms. The van der Waals surface area contributed by atoms with Gasteiger partial charge in [-0.25, -0.2) is 4.79 Å². The summed E-state index contributed by atoms with van der Waals surface area (Å²) in [6.45, 7) is 3.43. The predicted octanol–water partition coefficient (Wildman–Crippen LogP) is 3.57. The molecule has 0 atom stereocenters. The molecule has 2 aromatic rings. The molecule has 2 rings (SSSR count). The molecule has 5 nitrogen and oxygen atoms in total. The summed E-state index contributed by atoms with van der Waals surface area (Å²) in [4.78, 5) is 23.8. The van der Waals surface area contributed by atoms with E-state index in [0.29, 0.717) is 10.2 Å². The van der Waals surface area contributed by atoms with Crippen LogP contribution in [0.2, 0.25) is 0 Å². The van der Waals surface area contributed by atoms with E-state index < -0.39 is 18.5 Å². The highest BCUT2D eigenvalue weighted by Crippen LogP contribution is 2.22. The van der Waals surface area contributed by atoms with E-state index in [0.717, 1.165) is 11.1 Å². The number of hydrogen-bond donors (Lipinski definition) is 2. The fraction of sp³-hybridized carbons (Fsp3) is 0.176. The maximum absolute atomic E-state index is 11.9. The largest absolute Gasteiger partial charge is 0.507 e. The summed E-state index contributed by atoms with van der Waals surface area (Å²) in [5.74, 6) is -1.41. The molecule has 0 fully saturated rings. The Morgan fingerprint density at radius 3 is 2.43 bits per heavy atom. The van der Waals surface area contributed by atoms with Gasteiger partial charge in [0, 0.05) is 10.2 Å². The minimum absolute atomic E-state index is 0.00132. The van der Waals surface area contributed by atoms with E-state index in [4.69, 9.17) is 4.74 Å². The Hall–Kier alpha value is -2.34. The molecule has 0 aromatic heterocycles. The van der Waals surface area contributed by atoms with Gasteiger partial charge in [0.2, 0.25) is 0 Å². The Labute approximate surface area is 142 Å². The second-order valence-corrected chi connectivity index (χ2v) is 6.08. The van der Waals surface area contributed by atoms with Gasteiger partial charge < -0.3 is 15.2 Å². The lowest BCUT2D eigenvalue weighted by molar-refractivity contribution is -0.119. The summed E-state index contributed by atoms with van der Waals surface area (Å²) < 4.78 is 5.55. The maximum Gasteiger partial charge on any atom is 0.342 e. The monoisotopic (exact) mass is 377 g/mol. The molecule has 0 bridgehead atoms. The predicted molar refractivity (Wildman–Crippen MR) is 90.6 cm³/mol. The molecule has 0 aliphatic rings. The lowest BCUT2D eigenvalue weighted by Crippen LogP contribution is -2.21. The smallest absolute Gasteiger partial charge is 0.342 e. The summed E-state index contributed by atoms with van der Waals surface area (Å²) in [6, 6.07) is 10.0. The number of rotatable bonds is 4. The molecule has 1 amide bonds. The maximum atomic E-state index is 11.9. The number of phenolic OH excluding ortho intramolecular Hbond substituents is 1. The summed E-state index contributed by atoms with van der Waals surface area (Å²) in [5, 5.41) is 12.3. The zero-order valence-corrected chi connectivity index (χ0v) is 14.3. The molecule has 0 saturated heterocycles. The molecule has 23 heavy (non-hydrogen) atoms. The summed E-state index contributed by atoms with van der Waals surface area (Å²) in [7, 11) is 0. The highest BCUT2D eigenvalue weighted by atomic mass is 79.9. The van der Waals surface area contributed by atoms with Crippen LogP contribution in [-0.4, -0.2) is 23.6 Å². The van der Waals surface area contributed by atoms with Crippen molar-refractivity contribution in [2.24, 2.45) is 0 Å². The van der Waals surface area contributed by atoms with E-state index in [1.807, 2.05) is 32.0 Å². The minimum Gasteiger partial charge on any atom is -0.507 e. The normalized spacial score (nSPS) is 10.2. The Morgan fingerprint density at radius 1 is 1.13 bits per heavy atom. The summed E-state index contributed by atoms with van der Waals surface area (Å²) >= 11 is 3.20. The Bertz CT molecular complexity index is 738. The highest BCUT2D eigenvalue weighted by molar-refractivity contribution is 9.10. The minimum atomic E-state index is -0.764. The van der Waals surface area contributed by atoms with Crippen molar-refractivity contribution in [1.29, 1.82) is 0 Å². The van der Waals surface area contributed by atoms with Crippen molar-refractivity contribution in [3.8, 4) is 5.75 Å². The lowest BCUT2D eigenvalue weighted by Gasteiger charge is -2.09. The van der Waals surface area contributed by atoms with Crippen molar-refractivity contribution in [2.75, 3.05) is 11.9 Å². The number of hydrogen-bond acceptors (Lipinski definition) is 4. The quantitative estimate of drug-likeness (QED) is 0.798.